The van der Waals surface area contributed by atoms with Crippen LogP contribution in [0.3, 0.4) is 0 Å². The molecule has 1 fully saturated rings. The second-order valence-electron chi connectivity index (χ2n) is 4.08. The lowest BCUT2D eigenvalue weighted by Crippen LogP contribution is -2.55. The molecule has 0 aromatic heterocycles. The Labute approximate surface area is 101 Å². The van der Waals surface area contributed by atoms with Crippen LogP contribution in [0.4, 0.5) is 4.79 Å². The number of nitrogens with one attached hydrogen (secondary N) is 1. The van der Waals surface area contributed by atoms with Crippen LogP contribution in [0.2, 0.25) is 0 Å². The van der Waals surface area contributed by atoms with E-state index in [9.17, 15) is 9.59 Å². The average molecular weight is 244 g/mol. The monoisotopic (exact) mass is 244 g/mol. The number of ether oxygens (including phenoxy) is 1. The first-order valence-electron chi connectivity index (χ1n) is 5.97. The summed E-state index contributed by atoms with van der Waals surface area (Å²) in [6, 6.07) is -1.09. The fraction of sp³-hybridized carbons (Fsp3) is 0.818. The van der Waals surface area contributed by atoms with Crippen molar-refractivity contribution in [3.63, 3.8) is 0 Å². The van der Waals surface area contributed by atoms with Crippen molar-refractivity contribution in [1.82, 2.24) is 10.2 Å². The number of amides is 2. The molecule has 6 nitrogen and oxygen atoms in total. The maximum atomic E-state index is 11.9. The molecule has 17 heavy (non-hydrogen) atoms. The van der Waals surface area contributed by atoms with E-state index in [2.05, 4.69) is 5.32 Å². The second-order valence-corrected chi connectivity index (χ2v) is 4.08. The first-order chi connectivity index (χ1) is 8.10. The molecule has 1 saturated heterocycles. The molecule has 0 aliphatic carbocycles. The van der Waals surface area contributed by atoms with Crippen LogP contribution in [-0.4, -0.2) is 53.8 Å². The maximum Gasteiger partial charge on any atom is 0.326 e. The summed E-state index contributed by atoms with van der Waals surface area (Å²) in [5, 5.41) is 11.4. The molecule has 1 heterocycles. The predicted octanol–water partition coefficient (Wildman–Crippen LogP) is 0.670. The van der Waals surface area contributed by atoms with Gasteiger partial charge in [-0.05, 0) is 12.8 Å². The minimum atomic E-state index is -0.998. The van der Waals surface area contributed by atoms with Gasteiger partial charge in [0, 0.05) is 6.54 Å². The maximum absolute atomic E-state index is 11.9. The summed E-state index contributed by atoms with van der Waals surface area (Å²) in [6.07, 6.45) is 1.18. The highest BCUT2D eigenvalue weighted by Crippen LogP contribution is 2.10. The lowest BCUT2D eigenvalue weighted by Gasteiger charge is -2.35. The fourth-order valence-electron chi connectivity index (χ4n) is 1.83. The lowest BCUT2D eigenvalue weighted by atomic mass is 10.2. The van der Waals surface area contributed by atoms with Gasteiger partial charge in [-0.3, -0.25) is 0 Å². The molecule has 2 amide bonds. The van der Waals surface area contributed by atoms with Gasteiger partial charge in [-0.1, -0.05) is 13.8 Å². The van der Waals surface area contributed by atoms with E-state index >= 15 is 0 Å². The van der Waals surface area contributed by atoms with Crippen LogP contribution in [0, 0.1) is 0 Å². The Balaban J connectivity index is 2.58. The Bertz CT molecular complexity index is 283. The SMILES string of the molecule is CCC1COCCN1C(=O)N[C@H](CC)C(=O)O. The third-order valence-corrected chi connectivity index (χ3v) is 2.96. The zero-order chi connectivity index (χ0) is 12.8. The van der Waals surface area contributed by atoms with Crippen LogP contribution < -0.4 is 5.32 Å². The highest BCUT2D eigenvalue weighted by molar-refractivity contribution is 5.82. The molecule has 1 aliphatic rings. The molecule has 0 aromatic carbocycles. The van der Waals surface area contributed by atoms with Crippen LogP contribution in [0.15, 0.2) is 0 Å². The molecule has 1 rings (SSSR count). The second kappa shape index (κ2) is 6.44. The van der Waals surface area contributed by atoms with E-state index in [-0.39, 0.29) is 12.1 Å². The van der Waals surface area contributed by atoms with E-state index in [1.54, 1.807) is 11.8 Å². The number of urea groups is 1. The minimum Gasteiger partial charge on any atom is -0.480 e. The normalized spacial score (nSPS) is 22.0. The van der Waals surface area contributed by atoms with Crippen molar-refractivity contribution in [1.29, 1.82) is 0 Å². The average Bonchev–Trinajstić information content (AvgIpc) is 2.35. The van der Waals surface area contributed by atoms with Crippen molar-refractivity contribution >= 4 is 12.0 Å². The molecule has 0 aromatic rings. The summed E-state index contributed by atoms with van der Waals surface area (Å²) in [7, 11) is 0. The Hall–Kier alpha value is -1.30. The topological polar surface area (TPSA) is 78.9 Å². The van der Waals surface area contributed by atoms with Gasteiger partial charge in [-0.25, -0.2) is 9.59 Å². The predicted molar refractivity (Wildman–Crippen MR) is 61.9 cm³/mol. The van der Waals surface area contributed by atoms with Gasteiger partial charge in [-0.2, -0.15) is 0 Å². The third-order valence-electron chi connectivity index (χ3n) is 2.96. The smallest absolute Gasteiger partial charge is 0.326 e. The van der Waals surface area contributed by atoms with E-state index in [0.29, 0.717) is 26.2 Å². The molecular formula is C11H20N2O4. The van der Waals surface area contributed by atoms with E-state index in [1.165, 1.54) is 0 Å². The minimum absolute atomic E-state index is 0.0371. The van der Waals surface area contributed by atoms with Crippen molar-refractivity contribution in [2.75, 3.05) is 19.8 Å². The van der Waals surface area contributed by atoms with Gasteiger partial charge < -0.3 is 20.1 Å². The quantitative estimate of drug-likeness (QED) is 0.762. The van der Waals surface area contributed by atoms with E-state index < -0.39 is 12.0 Å². The molecule has 0 spiro atoms. The number of rotatable bonds is 4. The van der Waals surface area contributed by atoms with E-state index in [4.69, 9.17) is 9.84 Å². The van der Waals surface area contributed by atoms with Gasteiger partial charge in [0.25, 0.3) is 0 Å². The van der Waals surface area contributed by atoms with Crippen molar-refractivity contribution < 1.29 is 19.4 Å². The Morgan fingerprint density at radius 2 is 2.24 bits per heavy atom. The number of nitrogens with zero attached hydrogens (tertiary/aromatic N) is 1. The summed E-state index contributed by atoms with van der Waals surface area (Å²) in [4.78, 5) is 24.4. The molecule has 1 aliphatic heterocycles. The summed E-state index contributed by atoms with van der Waals surface area (Å²) in [5.41, 5.74) is 0. The van der Waals surface area contributed by atoms with Crippen LogP contribution in [0.1, 0.15) is 26.7 Å². The molecular weight excluding hydrogens is 224 g/mol. The molecule has 1 unspecified atom stereocenters. The summed E-state index contributed by atoms with van der Waals surface area (Å²) >= 11 is 0. The van der Waals surface area contributed by atoms with E-state index in [1.807, 2.05) is 6.92 Å². The third kappa shape index (κ3) is 3.59. The molecule has 2 N–H and O–H groups in total. The number of aliphatic carboxylic acids is 1. The number of hydrogen-bond acceptors (Lipinski definition) is 3. The van der Waals surface area contributed by atoms with Crippen molar-refractivity contribution in [2.24, 2.45) is 0 Å². The molecule has 0 saturated carbocycles. The molecule has 98 valence electrons. The molecule has 0 bridgehead atoms. The Morgan fingerprint density at radius 3 is 2.76 bits per heavy atom. The van der Waals surface area contributed by atoms with Gasteiger partial charge in [0.05, 0.1) is 19.3 Å². The number of carbonyl (C=O) groups excluding carboxylic acids is 1. The van der Waals surface area contributed by atoms with Crippen LogP contribution in [0.5, 0.6) is 0 Å². The van der Waals surface area contributed by atoms with Crippen LogP contribution in [0.25, 0.3) is 0 Å². The molecule has 0 radical (unpaired) electrons. The number of carboxylic acids is 1. The lowest BCUT2D eigenvalue weighted by molar-refractivity contribution is -0.139. The van der Waals surface area contributed by atoms with Gasteiger partial charge in [0.15, 0.2) is 0 Å². The zero-order valence-electron chi connectivity index (χ0n) is 10.3. The van der Waals surface area contributed by atoms with Crippen molar-refractivity contribution in [3.8, 4) is 0 Å². The van der Waals surface area contributed by atoms with Gasteiger partial charge in [-0.15, -0.1) is 0 Å². The van der Waals surface area contributed by atoms with E-state index in [0.717, 1.165) is 6.42 Å². The fourth-order valence-corrected chi connectivity index (χ4v) is 1.83. The number of carbonyl (C=O) groups is 2. The van der Waals surface area contributed by atoms with Crippen molar-refractivity contribution in [2.45, 2.75) is 38.8 Å². The number of morpholine rings is 1. The standard InChI is InChI=1S/C11H20N2O4/c1-3-8-7-17-6-5-13(8)11(16)12-9(4-2)10(14)15/h8-9H,3-7H2,1-2H3,(H,12,16)(H,14,15)/t8?,9-/m1/s1. The van der Waals surface area contributed by atoms with Crippen molar-refractivity contribution in [3.05, 3.63) is 0 Å². The zero-order valence-corrected chi connectivity index (χ0v) is 10.3. The van der Waals surface area contributed by atoms with Gasteiger partial charge >= 0.3 is 12.0 Å². The number of carboxylic acid groups (broad SMARTS) is 1. The first kappa shape index (κ1) is 13.8. The van der Waals surface area contributed by atoms with Crippen LogP contribution >= 0.6 is 0 Å². The van der Waals surface area contributed by atoms with Crippen LogP contribution in [-0.2, 0) is 9.53 Å². The summed E-state index contributed by atoms with van der Waals surface area (Å²) < 4.78 is 5.29. The largest absolute Gasteiger partial charge is 0.480 e. The highest BCUT2D eigenvalue weighted by Gasteiger charge is 2.28. The van der Waals surface area contributed by atoms with Gasteiger partial charge in [0.1, 0.15) is 6.04 Å². The Morgan fingerprint density at radius 1 is 1.53 bits per heavy atom. The highest BCUT2D eigenvalue weighted by atomic mass is 16.5. The molecule has 2 atom stereocenters. The molecule has 6 heteroatoms. The number of hydrogen-bond donors (Lipinski definition) is 2. The van der Waals surface area contributed by atoms with Gasteiger partial charge in [0.2, 0.25) is 0 Å². The summed E-state index contributed by atoms with van der Waals surface area (Å²) in [5.74, 6) is -0.998. The Kier molecular flexibility index (Phi) is 5.21. The summed E-state index contributed by atoms with van der Waals surface area (Å²) in [6.45, 7) is 5.26. The first-order valence-corrected chi connectivity index (χ1v) is 5.97.